The number of hydrogen-bond acceptors (Lipinski definition) is 5. The monoisotopic (exact) mass is 277 g/mol. The highest BCUT2D eigenvalue weighted by atomic mass is 32.2. The fourth-order valence-corrected chi connectivity index (χ4v) is 2.28. The van der Waals surface area contributed by atoms with E-state index in [1.165, 1.54) is 18.9 Å². The zero-order chi connectivity index (χ0) is 14.0. The first-order valence-corrected chi connectivity index (χ1v) is 7.11. The number of hydrogen-bond donors (Lipinski definition) is 1. The van der Waals surface area contributed by atoms with Crippen LogP contribution in [0.1, 0.15) is 26.7 Å². The van der Waals surface area contributed by atoms with Crippen LogP contribution < -0.4 is 5.32 Å². The van der Waals surface area contributed by atoms with Crippen molar-refractivity contribution in [2.24, 2.45) is 0 Å². The van der Waals surface area contributed by atoms with Gasteiger partial charge in [0.25, 0.3) is 0 Å². The molecule has 0 aliphatic carbocycles. The summed E-state index contributed by atoms with van der Waals surface area (Å²) in [7, 11) is 2.95. The number of thioether (sulfide) groups is 1. The minimum absolute atomic E-state index is 0.155. The molecule has 1 amide bonds. The molecule has 0 heterocycles. The quantitative estimate of drug-likeness (QED) is 0.507. The summed E-state index contributed by atoms with van der Waals surface area (Å²) >= 11 is 1.47. The molecule has 0 bridgehead atoms. The Morgan fingerprint density at radius 2 is 2.00 bits per heavy atom. The first-order chi connectivity index (χ1) is 8.50. The van der Waals surface area contributed by atoms with Crippen LogP contribution >= 0.6 is 11.8 Å². The van der Waals surface area contributed by atoms with Gasteiger partial charge in [0.15, 0.2) is 0 Å². The first-order valence-electron chi connectivity index (χ1n) is 5.96. The molecule has 0 aromatic heterocycles. The third-order valence-electron chi connectivity index (χ3n) is 2.47. The van der Waals surface area contributed by atoms with Gasteiger partial charge in [0.05, 0.1) is 19.5 Å². The van der Waals surface area contributed by atoms with Crippen molar-refractivity contribution < 1.29 is 19.1 Å². The van der Waals surface area contributed by atoms with Crippen LogP contribution in [0, 0.1) is 0 Å². The van der Waals surface area contributed by atoms with Crippen LogP contribution in [0.2, 0.25) is 0 Å². The lowest BCUT2D eigenvalue weighted by atomic mass is 9.96. The summed E-state index contributed by atoms with van der Waals surface area (Å²) in [6.07, 6.45) is 1.36. The molecule has 1 atom stereocenters. The van der Waals surface area contributed by atoms with Crippen molar-refractivity contribution in [2.45, 2.75) is 32.2 Å². The molecule has 5 nitrogen and oxygen atoms in total. The molecule has 0 aliphatic heterocycles. The van der Waals surface area contributed by atoms with Crippen molar-refractivity contribution in [3.63, 3.8) is 0 Å². The lowest BCUT2D eigenvalue weighted by Crippen LogP contribution is -2.53. The van der Waals surface area contributed by atoms with Crippen LogP contribution in [-0.4, -0.2) is 49.7 Å². The van der Waals surface area contributed by atoms with Crippen LogP contribution in [-0.2, 0) is 19.1 Å². The fraction of sp³-hybridized carbons (Fsp3) is 0.833. The van der Waals surface area contributed by atoms with E-state index in [0.29, 0.717) is 18.8 Å². The number of esters is 1. The second-order valence-electron chi connectivity index (χ2n) is 4.17. The molecule has 18 heavy (non-hydrogen) atoms. The second kappa shape index (κ2) is 9.22. The van der Waals surface area contributed by atoms with E-state index in [2.05, 4.69) is 5.32 Å². The van der Waals surface area contributed by atoms with Crippen molar-refractivity contribution in [3.05, 3.63) is 0 Å². The van der Waals surface area contributed by atoms with Crippen molar-refractivity contribution in [3.8, 4) is 0 Å². The highest BCUT2D eigenvalue weighted by molar-refractivity contribution is 7.99. The van der Waals surface area contributed by atoms with Gasteiger partial charge in [-0.2, -0.15) is 0 Å². The normalized spacial score (nSPS) is 13.8. The van der Waals surface area contributed by atoms with Crippen molar-refractivity contribution in [2.75, 3.05) is 32.3 Å². The van der Waals surface area contributed by atoms with Gasteiger partial charge in [0.1, 0.15) is 5.54 Å². The largest absolute Gasteiger partial charge is 0.467 e. The predicted molar refractivity (Wildman–Crippen MR) is 72.7 cm³/mol. The van der Waals surface area contributed by atoms with E-state index in [1.807, 2.05) is 6.92 Å². The van der Waals surface area contributed by atoms with Gasteiger partial charge in [-0.05, 0) is 13.3 Å². The Bertz CT molecular complexity index is 273. The summed E-state index contributed by atoms with van der Waals surface area (Å²) in [5.41, 5.74) is -0.928. The summed E-state index contributed by atoms with van der Waals surface area (Å²) in [5.74, 6) is 0.517. The highest BCUT2D eigenvalue weighted by Crippen LogP contribution is 2.14. The Hall–Kier alpha value is -0.750. The average molecular weight is 277 g/mol. The van der Waals surface area contributed by atoms with Crippen molar-refractivity contribution in [1.29, 1.82) is 0 Å². The smallest absolute Gasteiger partial charge is 0.331 e. The molecule has 1 unspecified atom stereocenters. The third kappa shape index (κ3) is 6.26. The number of carbonyl (C=O) groups is 2. The molecule has 0 fully saturated rings. The molecule has 6 heteroatoms. The van der Waals surface area contributed by atoms with E-state index >= 15 is 0 Å². The molecule has 0 aliphatic rings. The average Bonchev–Trinajstić information content (AvgIpc) is 2.33. The lowest BCUT2D eigenvalue weighted by molar-refractivity contribution is -0.150. The summed E-state index contributed by atoms with van der Waals surface area (Å²) in [6.45, 7) is 4.27. The Morgan fingerprint density at radius 1 is 1.33 bits per heavy atom. The Morgan fingerprint density at radius 3 is 2.50 bits per heavy atom. The summed E-state index contributed by atoms with van der Waals surface area (Å²) in [6, 6.07) is 0. The Balaban J connectivity index is 4.23. The summed E-state index contributed by atoms with van der Waals surface area (Å²) in [4.78, 5) is 23.4. The van der Waals surface area contributed by atoms with E-state index in [9.17, 15) is 9.59 Å². The maximum absolute atomic E-state index is 11.7. The van der Waals surface area contributed by atoms with Crippen LogP contribution in [0.5, 0.6) is 0 Å². The van der Waals surface area contributed by atoms with Gasteiger partial charge < -0.3 is 14.8 Å². The Labute approximate surface area is 113 Å². The lowest BCUT2D eigenvalue weighted by Gasteiger charge is -2.27. The minimum Gasteiger partial charge on any atom is -0.467 e. The summed E-state index contributed by atoms with van der Waals surface area (Å²) < 4.78 is 9.62. The van der Waals surface area contributed by atoms with Gasteiger partial charge >= 0.3 is 5.97 Å². The number of methoxy groups -OCH3 is 2. The van der Waals surface area contributed by atoms with E-state index in [1.54, 1.807) is 14.0 Å². The van der Waals surface area contributed by atoms with Gasteiger partial charge in [-0.25, -0.2) is 4.79 Å². The zero-order valence-electron chi connectivity index (χ0n) is 11.6. The van der Waals surface area contributed by atoms with E-state index in [0.717, 1.165) is 12.2 Å². The van der Waals surface area contributed by atoms with Gasteiger partial charge in [-0.15, -0.1) is 11.8 Å². The minimum atomic E-state index is -0.928. The van der Waals surface area contributed by atoms with E-state index in [-0.39, 0.29) is 5.91 Å². The number of carbonyl (C=O) groups excluding carboxylic acids is 2. The highest BCUT2D eigenvalue weighted by Gasteiger charge is 2.34. The molecule has 0 saturated carbocycles. The zero-order valence-corrected chi connectivity index (χ0v) is 12.4. The maximum atomic E-state index is 11.7. The van der Waals surface area contributed by atoms with Crippen molar-refractivity contribution >= 4 is 23.6 Å². The van der Waals surface area contributed by atoms with Gasteiger partial charge in [-0.1, -0.05) is 13.3 Å². The fourth-order valence-electron chi connectivity index (χ4n) is 1.59. The third-order valence-corrected chi connectivity index (χ3v) is 3.39. The van der Waals surface area contributed by atoms with Gasteiger partial charge in [-0.3, -0.25) is 4.79 Å². The number of nitrogens with one attached hydrogen (secondary N) is 1. The molecule has 0 spiro atoms. The molecule has 0 aromatic rings. The molecule has 0 rings (SSSR count). The van der Waals surface area contributed by atoms with E-state index in [4.69, 9.17) is 9.47 Å². The molecule has 1 N–H and O–H groups in total. The number of amides is 1. The van der Waals surface area contributed by atoms with Gasteiger partial charge in [0, 0.05) is 12.9 Å². The second-order valence-corrected chi connectivity index (χ2v) is 5.27. The summed E-state index contributed by atoms with van der Waals surface area (Å²) in [5, 5.41) is 2.75. The molecule has 0 aromatic carbocycles. The standard InChI is InChI=1S/C12H23NO4S/c1-5-6-12(2,11(15)17-4)13-10(14)9-18-8-7-16-3/h5-9H2,1-4H3,(H,13,14). The molecule has 0 saturated heterocycles. The molecular formula is C12H23NO4S. The predicted octanol–water partition coefficient (Wildman–Crippen LogP) is 1.21. The SMILES string of the molecule is CCCC(C)(NC(=O)CSCCOC)C(=O)OC. The number of rotatable bonds is 9. The topological polar surface area (TPSA) is 64.6 Å². The van der Waals surface area contributed by atoms with Crippen LogP contribution in [0.4, 0.5) is 0 Å². The van der Waals surface area contributed by atoms with E-state index < -0.39 is 11.5 Å². The molecular weight excluding hydrogens is 254 g/mol. The van der Waals surface area contributed by atoms with Crippen molar-refractivity contribution in [1.82, 2.24) is 5.32 Å². The van der Waals surface area contributed by atoms with Crippen LogP contribution in [0.3, 0.4) is 0 Å². The van der Waals surface area contributed by atoms with Gasteiger partial charge in [0.2, 0.25) is 5.91 Å². The van der Waals surface area contributed by atoms with Crippen LogP contribution in [0.15, 0.2) is 0 Å². The molecule has 106 valence electrons. The first kappa shape index (κ1) is 17.2. The Kier molecular flexibility index (Phi) is 8.83. The molecule has 0 radical (unpaired) electrons. The number of ether oxygens (including phenoxy) is 2. The van der Waals surface area contributed by atoms with Crippen LogP contribution in [0.25, 0.3) is 0 Å². The maximum Gasteiger partial charge on any atom is 0.331 e.